The molecule has 3 aromatic carbocycles. The Hall–Kier alpha value is -5.21. The summed E-state index contributed by atoms with van der Waals surface area (Å²) >= 11 is 6.82. The number of fused-ring (bicyclic) bond motifs is 1. The summed E-state index contributed by atoms with van der Waals surface area (Å²) in [7, 11) is 1.42. The molecule has 46 heavy (non-hydrogen) atoms. The van der Waals surface area contributed by atoms with Crippen molar-refractivity contribution in [2.75, 3.05) is 54.6 Å². The van der Waals surface area contributed by atoms with Gasteiger partial charge in [-0.3, -0.25) is 4.79 Å². The molecule has 4 aromatic rings. The van der Waals surface area contributed by atoms with Gasteiger partial charge in [-0.25, -0.2) is 9.97 Å². The number of benzene rings is 3. The molecule has 0 spiro atoms. The number of anilines is 4. The van der Waals surface area contributed by atoms with E-state index in [-0.39, 0.29) is 33.2 Å². The molecule has 1 aromatic heterocycles. The topological polar surface area (TPSA) is 165 Å². The predicted molar refractivity (Wildman–Crippen MR) is 174 cm³/mol. The molecule has 15 heteroatoms. The highest BCUT2D eigenvalue weighted by molar-refractivity contribution is 6.35. The number of rotatable bonds is 9. The van der Waals surface area contributed by atoms with Crippen LogP contribution in [-0.2, 0) is 4.79 Å². The van der Waals surface area contributed by atoms with Gasteiger partial charge in [-0.05, 0) is 48.5 Å². The van der Waals surface area contributed by atoms with Crippen LogP contribution in [0, 0.1) is 10.8 Å². The first-order valence-electron chi connectivity index (χ1n) is 13.9. The van der Waals surface area contributed by atoms with Gasteiger partial charge in [0, 0.05) is 82.8 Å². The molecule has 0 radical (unpaired) electrons. The normalized spacial score (nSPS) is 14.0. The van der Waals surface area contributed by atoms with Crippen molar-refractivity contribution < 1.29 is 22.7 Å². The number of carbonyl (C=O) groups excluding carboxylic acids is 1. The number of amides is 1. The number of nitrogens with zero attached hydrogens (tertiary/aromatic N) is 3. The third-order valence-electron chi connectivity index (χ3n) is 7.36. The van der Waals surface area contributed by atoms with Crippen LogP contribution in [0.5, 0.6) is 5.75 Å². The first-order valence-corrected chi connectivity index (χ1v) is 14.3. The smallest absolute Gasteiger partial charge is 0.432 e. The van der Waals surface area contributed by atoms with Crippen LogP contribution in [0.1, 0.15) is 5.56 Å². The number of piperazine rings is 1. The van der Waals surface area contributed by atoms with Crippen molar-refractivity contribution in [1.82, 2.24) is 15.3 Å². The molecule has 0 unspecified atom stereocenters. The number of methoxy groups -OCH3 is 1. The molecule has 1 fully saturated rings. The lowest BCUT2D eigenvalue weighted by molar-refractivity contribution is -0.114. The van der Waals surface area contributed by atoms with Gasteiger partial charge >= 0.3 is 6.18 Å². The van der Waals surface area contributed by atoms with Gasteiger partial charge in [-0.15, -0.1) is 0 Å². The van der Waals surface area contributed by atoms with Crippen LogP contribution in [0.3, 0.4) is 0 Å². The number of hydrogen-bond acceptors (Lipinski definition) is 10. The molecule has 1 aliphatic heterocycles. The molecule has 5 rings (SSSR count). The third-order valence-corrected chi connectivity index (χ3v) is 7.67. The molecule has 11 nitrogen and oxygen atoms in total. The molecule has 1 amide bonds. The molecule has 1 aliphatic rings. The molecular formula is C31H29ClF3N9O2. The van der Waals surface area contributed by atoms with Crippen LogP contribution in [-0.4, -0.2) is 67.8 Å². The molecule has 1 saturated heterocycles. The number of carbonyl (C=O) groups is 1. The first kappa shape index (κ1) is 32.2. The Labute approximate surface area is 266 Å². The van der Waals surface area contributed by atoms with Crippen molar-refractivity contribution in [3.05, 3.63) is 76.7 Å². The maximum atomic E-state index is 14.3. The molecule has 0 saturated carbocycles. The summed E-state index contributed by atoms with van der Waals surface area (Å²) in [6.45, 7) is 3.02. The summed E-state index contributed by atoms with van der Waals surface area (Å²) in [4.78, 5) is 24.5. The summed E-state index contributed by atoms with van der Waals surface area (Å²) in [5.41, 5.74) is 5.17. The monoisotopic (exact) mass is 651 g/mol. The minimum Gasteiger partial charge on any atom is -0.497 e. The van der Waals surface area contributed by atoms with Crippen molar-refractivity contribution in [2.24, 2.45) is 0 Å². The molecule has 0 aliphatic carbocycles. The second-order valence-electron chi connectivity index (χ2n) is 10.2. The number of ether oxygens (including phenoxy) is 1. The van der Waals surface area contributed by atoms with E-state index in [4.69, 9.17) is 32.9 Å². The number of hydrogen-bond donors (Lipinski definition) is 6. The summed E-state index contributed by atoms with van der Waals surface area (Å²) < 4.78 is 47.8. The van der Waals surface area contributed by atoms with E-state index in [2.05, 4.69) is 30.8 Å². The Morgan fingerprint density at radius 2 is 1.80 bits per heavy atom. The number of nitrogens with two attached hydrogens (primary N) is 1. The predicted octanol–water partition coefficient (Wildman–Crippen LogP) is 5.46. The lowest BCUT2D eigenvalue weighted by Gasteiger charge is -2.29. The maximum Gasteiger partial charge on any atom is 0.432 e. The highest BCUT2D eigenvalue weighted by atomic mass is 35.5. The van der Waals surface area contributed by atoms with Crippen LogP contribution in [0.25, 0.3) is 22.0 Å². The molecule has 0 bridgehead atoms. The molecule has 0 atom stereocenters. The standard InChI is InChI=1S/C31H29ClF3N9O2/c1-46-18-4-2-17(3-5-18)42-28(31(33,34)35)22(15-37)30(45)43-25-7-6-24(38)21(14-36)27(25)19-13-26-20(12-23(19)32)29(41-16-40-26)44-10-8-39-9-11-44/h2-7,12-16,36-37,39,42H,8-11,38H2,1H3,(H,43,45)/b28-22+,36-14?,37-15?. The van der Waals surface area contributed by atoms with E-state index < -0.39 is 23.4 Å². The summed E-state index contributed by atoms with van der Waals surface area (Å²) in [6, 6.07) is 11.7. The van der Waals surface area contributed by atoms with Crippen LogP contribution >= 0.6 is 11.6 Å². The zero-order valence-electron chi connectivity index (χ0n) is 24.4. The zero-order valence-corrected chi connectivity index (χ0v) is 25.2. The van der Waals surface area contributed by atoms with Crippen molar-refractivity contribution in [3.63, 3.8) is 0 Å². The van der Waals surface area contributed by atoms with Crippen LogP contribution in [0.15, 0.2) is 66.1 Å². The highest BCUT2D eigenvalue weighted by Crippen LogP contribution is 2.41. The summed E-state index contributed by atoms with van der Waals surface area (Å²) in [5, 5.41) is 24.7. The molecule has 2 heterocycles. The highest BCUT2D eigenvalue weighted by Gasteiger charge is 2.38. The minimum absolute atomic E-state index is 0.0145. The fourth-order valence-electron chi connectivity index (χ4n) is 5.12. The minimum atomic E-state index is -5.03. The maximum absolute atomic E-state index is 14.3. The number of aromatic nitrogens is 2. The van der Waals surface area contributed by atoms with Crippen LogP contribution in [0.4, 0.5) is 36.1 Å². The Kier molecular flexibility index (Phi) is 9.39. The quantitative estimate of drug-likeness (QED) is 0.0788. The average Bonchev–Trinajstić information content (AvgIpc) is 3.05. The van der Waals surface area contributed by atoms with E-state index >= 15 is 0 Å². The average molecular weight is 652 g/mol. The van der Waals surface area contributed by atoms with Crippen molar-refractivity contribution in [2.45, 2.75) is 6.18 Å². The van der Waals surface area contributed by atoms with Gasteiger partial charge in [-0.2, -0.15) is 13.2 Å². The van der Waals surface area contributed by atoms with Crippen LogP contribution in [0.2, 0.25) is 5.02 Å². The first-order chi connectivity index (χ1) is 22.0. The molecule has 7 N–H and O–H groups in total. The van der Waals surface area contributed by atoms with E-state index in [1.54, 1.807) is 12.1 Å². The Balaban J connectivity index is 1.59. The zero-order chi connectivity index (χ0) is 33.0. The van der Waals surface area contributed by atoms with Crippen molar-refractivity contribution in [3.8, 4) is 16.9 Å². The van der Waals surface area contributed by atoms with Gasteiger partial charge in [0.1, 0.15) is 23.6 Å². The van der Waals surface area contributed by atoms with Crippen LogP contribution < -0.4 is 31.3 Å². The third kappa shape index (κ3) is 6.57. The van der Waals surface area contributed by atoms with Gasteiger partial charge in [0.05, 0.1) is 18.2 Å². The molecular weight excluding hydrogens is 623 g/mol. The van der Waals surface area contributed by atoms with Crippen molar-refractivity contribution >= 4 is 63.7 Å². The lowest BCUT2D eigenvalue weighted by atomic mass is 9.95. The number of alkyl halides is 3. The van der Waals surface area contributed by atoms with E-state index in [1.165, 1.54) is 49.8 Å². The fourth-order valence-corrected chi connectivity index (χ4v) is 5.38. The second kappa shape index (κ2) is 13.4. The summed E-state index contributed by atoms with van der Waals surface area (Å²) in [6.07, 6.45) is -2.32. The summed E-state index contributed by atoms with van der Waals surface area (Å²) in [5.74, 6) is -0.117. The largest absolute Gasteiger partial charge is 0.497 e. The lowest BCUT2D eigenvalue weighted by Crippen LogP contribution is -2.44. The number of allylic oxidation sites excluding steroid dienone is 1. The van der Waals surface area contributed by atoms with E-state index in [0.29, 0.717) is 34.2 Å². The number of nitrogen functional groups attached to an aromatic ring is 1. The van der Waals surface area contributed by atoms with Gasteiger partial charge in [0.2, 0.25) is 0 Å². The number of nitrogens with one attached hydrogen (secondary N) is 5. The van der Waals surface area contributed by atoms with Crippen molar-refractivity contribution in [1.29, 1.82) is 10.8 Å². The van der Waals surface area contributed by atoms with E-state index in [0.717, 1.165) is 32.4 Å². The second-order valence-corrected chi connectivity index (χ2v) is 10.6. The van der Waals surface area contributed by atoms with Gasteiger partial charge < -0.3 is 42.1 Å². The van der Waals surface area contributed by atoms with E-state index in [1.807, 2.05) is 0 Å². The van der Waals surface area contributed by atoms with Gasteiger partial charge in [0.15, 0.2) is 0 Å². The SMILES string of the molecule is COc1ccc(N/C(=C(\C=N)C(=O)Nc2ccc(N)c(C=N)c2-c2cc3ncnc(N4CCNCC4)c3cc2Cl)C(F)(F)F)cc1. The molecule has 238 valence electrons. The number of halogens is 4. The Morgan fingerprint density at radius 3 is 2.43 bits per heavy atom. The van der Waals surface area contributed by atoms with E-state index in [9.17, 15) is 18.0 Å². The Morgan fingerprint density at radius 1 is 1.09 bits per heavy atom. The van der Waals surface area contributed by atoms with Gasteiger partial charge in [-0.1, -0.05) is 11.6 Å². The fraction of sp³-hybridized carbons (Fsp3) is 0.194. The van der Waals surface area contributed by atoms with Gasteiger partial charge in [0.25, 0.3) is 5.91 Å². The Bertz CT molecular complexity index is 1840.